The summed E-state index contributed by atoms with van der Waals surface area (Å²) in [6.45, 7) is 3.55. The van der Waals surface area contributed by atoms with Crippen LogP contribution in [0, 0.1) is 17.0 Å². The molecule has 7 heteroatoms. The second kappa shape index (κ2) is 6.65. The van der Waals surface area contributed by atoms with E-state index in [0.29, 0.717) is 5.69 Å². The van der Waals surface area contributed by atoms with Crippen molar-refractivity contribution in [1.29, 1.82) is 0 Å². The van der Waals surface area contributed by atoms with Gasteiger partial charge in [-0.1, -0.05) is 0 Å². The summed E-state index contributed by atoms with van der Waals surface area (Å²) in [5.74, 6) is -0.637. The van der Waals surface area contributed by atoms with E-state index >= 15 is 0 Å². The first-order valence-corrected chi connectivity index (χ1v) is 6.04. The molecule has 0 atom stereocenters. The van der Waals surface area contributed by atoms with Crippen LogP contribution < -0.4 is 0 Å². The highest BCUT2D eigenvalue weighted by Crippen LogP contribution is 2.25. The van der Waals surface area contributed by atoms with Gasteiger partial charge < -0.3 is 9.64 Å². The number of carbonyl (C=O) groups excluding carboxylic acids is 1. The highest BCUT2D eigenvalue weighted by Gasteiger charge is 2.25. The molecule has 0 saturated heterocycles. The number of nitrogens with zero attached hydrogens (tertiary/aromatic N) is 3. The Morgan fingerprint density at radius 1 is 1.50 bits per heavy atom. The summed E-state index contributed by atoms with van der Waals surface area (Å²) in [6, 6.07) is 2.86. The average molecular weight is 279 g/mol. The van der Waals surface area contributed by atoms with Crippen LogP contribution in [0.15, 0.2) is 18.3 Å². The van der Waals surface area contributed by atoms with E-state index in [4.69, 9.17) is 4.74 Å². The Morgan fingerprint density at radius 3 is 2.65 bits per heavy atom. The van der Waals surface area contributed by atoms with Crippen LogP contribution in [-0.2, 0) is 9.53 Å². The predicted molar refractivity (Wildman–Crippen MR) is 73.9 cm³/mol. The fraction of sp³-hybridized carbons (Fsp3) is 0.385. The zero-order chi connectivity index (χ0) is 15.3. The summed E-state index contributed by atoms with van der Waals surface area (Å²) < 4.78 is 4.94. The van der Waals surface area contributed by atoms with E-state index in [9.17, 15) is 14.9 Å². The van der Waals surface area contributed by atoms with Crippen molar-refractivity contribution in [3.63, 3.8) is 0 Å². The van der Waals surface area contributed by atoms with Gasteiger partial charge in [0.25, 0.3) is 5.69 Å². The number of aryl methyl sites for hydroxylation is 1. The van der Waals surface area contributed by atoms with Crippen LogP contribution in [0.2, 0.25) is 0 Å². The van der Waals surface area contributed by atoms with Gasteiger partial charge in [-0.25, -0.2) is 9.78 Å². The molecule has 0 aromatic carbocycles. The molecule has 0 N–H and O–H groups in total. The van der Waals surface area contributed by atoms with Gasteiger partial charge in [-0.05, 0) is 19.9 Å². The number of rotatable bonds is 5. The maximum Gasteiger partial charge on any atom is 0.342 e. The lowest BCUT2D eigenvalue weighted by Gasteiger charge is -2.11. The number of hydrogen-bond acceptors (Lipinski definition) is 6. The van der Waals surface area contributed by atoms with E-state index in [-0.39, 0.29) is 23.6 Å². The highest BCUT2D eigenvalue weighted by atomic mass is 16.6. The zero-order valence-corrected chi connectivity index (χ0v) is 11.9. The lowest BCUT2D eigenvalue weighted by atomic mass is 10.1. The molecule has 20 heavy (non-hydrogen) atoms. The van der Waals surface area contributed by atoms with Crippen LogP contribution in [0.1, 0.15) is 18.3 Å². The fourth-order valence-corrected chi connectivity index (χ4v) is 1.57. The van der Waals surface area contributed by atoms with Gasteiger partial charge in [-0.3, -0.25) is 10.1 Å². The quantitative estimate of drug-likeness (QED) is 0.353. The van der Waals surface area contributed by atoms with Gasteiger partial charge in [0.1, 0.15) is 5.57 Å². The number of nitro groups is 1. The molecule has 0 bridgehead atoms. The normalized spacial score (nSPS) is 11.1. The topological polar surface area (TPSA) is 85.6 Å². The SMILES string of the molecule is CCOC(=O)/C(=C\N(C)C)c1nc(C)ccc1[N+](=O)[O-]. The van der Waals surface area contributed by atoms with Crippen molar-refractivity contribution >= 4 is 17.2 Å². The number of esters is 1. The fourth-order valence-electron chi connectivity index (χ4n) is 1.57. The summed E-state index contributed by atoms with van der Waals surface area (Å²) in [5, 5.41) is 11.1. The Balaban J connectivity index is 3.44. The highest BCUT2D eigenvalue weighted by molar-refractivity contribution is 6.16. The van der Waals surface area contributed by atoms with E-state index in [1.165, 1.54) is 18.3 Å². The summed E-state index contributed by atoms with van der Waals surface area (Å²) in [7, 11) is 3.42. The second-order valence-electron chi connectivity index (χ2n) is 4.30. The molecule has 0 unspecified atom stereocenters. The van der Waals surface area contributed by atoms with Crippen molar-refractivity contribution in [1.82, 2.24) is 9.88 Å². The van der Waals surface area contributed by atoms with Crippen LogP contribution in [0.5, 0.6) is 0 Å². The Kier molecular flexibility index (Phi) is 5.19. The summed E-state index contributed by atoms with van der Waals surface area (Å²) in [5.41, 5.74) is 0.436. The molecule has 0 saturated carbocycles. The van der Waals surface area contributed by atoms with Crippen molar-refractivity contribution in [2.45, 2.75) is 13.8 Å². The van der Waals surface area contributed by atoms with Crippen molar-refractivity contribution < 1.29 is 14.5 Å². The molecule has 0 fully saturated rings. The number of pyridine rings is 1. The first kappa shape index (κ1) is 15.6. The molecule has 0 aliphatic carbocycles. The minimum absolute atomic E-state index is 0.0159. The Hall–Kier alpha value is -2.44. The van der Waals surface area contributed by atoms with Gasteiger partial charge in [-0.2, -0.15) is 0 Å². The maximum atomic E-state index is 12.0. The van der Waals surface area contributed by atoms with Gasteiger partial charge in [0.05, 0.1) is 11.5 Å². The molecule has 0 spiro atoms. The molecule has 0 aliphatic heterocycles. The largest absolute Gasteiger partial charge is 0.462 e. The van der Waals surface area contributed by atoms with Crippen molar-refractivity contribution in [2.75, 3.05) is 20.7 Å². The van der Waals surface area contributed by atoms with Gasteiger partial charge >= 0.3 is 5.97 Å². The molecular formula is C13H17N3O4. The second-order valence-corrected chi connectivity index (χ2v) is 4.30. The monoisotopic (exact) mass is 279 g/mol. The lowest BCUT2D eigenvalue weighted by molar-refractivity contribution is -0.385. The molecule has 1 aromatic rings. The summed E-state index contributed by atoms with van der Waals surface area (Å²) >= 11 is 0. The third kappa shape index (κ3) is 3.78. The standard InChI is InChI=1S/C13H17N3O4/c1-5-20-13(17)10(8-15(3)4)12-11(16(18)19)7-6-9(2)14-12/h6-8H,5H2,1-4H3/b10-8-. The average Bonchev–Trinajstić information content (AvgIpc) is 2.35. The molecule has 108 valence electrons. The van der Waals surface area contributed by atoms with Gasteiger partial charge in [0.2, 0.25) is 0 Å². The van der Waals surface area contributed by atoms with Crippen molar-refractivity contribution in [3.8, 4) is 0 Å². The maximum absolute atomic E-state index is 12.0. The van der Waals surface area contributed by atoms with E-state index in [2.05, 4.69) is 4.98 Å². The third-order valence-corrected chi connectivity index (χ3v) is 2.35. The van der Waals surface area contributed by atoms with Crippen molar-refractivity contribution in [3.05, 3.63) is 39.8 Å². The number of hydrogen-bond donors (Lipinski definition) is 0. The van der Waals surface area contributed by atoms with E-state index in [1.54, 1.807) is 32.8 Å². The molecule has 1 rings (SSSR count). The van der Waals surface area contributed by atoms with Crippen LogP contribution >= 0.6 is 0 Å². The van der Waals surface area contributed by atoms with E-state index in [0.717, 1.165) is 0 Å². The van der Waals surface area contributed by atoms with E-state index in [1.807, 2.05) is 0 Å². The van der Waals surface area contributed by atoms with Gasteiger partial charge in [0.15, 0.2) is 5.69 Å². The number of carbonyl (C=O) groups is 1. The number of ether oxygens (including phenoxy) is 1. The molecule has 1 heterocycles. The smallest absolute Gasteiger partial charge is 0.342 e. The Labute approximate surface area is 117 Å². The Morgan fingerprint density at radius 2 is 2.15 bits per heavy atom. The van der Waals surface area contributed by atoms with Crippen LogP contribution in [0.25, 0.3) is 5.57 Å². The van der Waals surface area contributed by atoms with Gasteiger partial charge in [-0.15, -0.1) is 0 Å². The summed E-state index contributed by atoms with van der Waals surface area (Å²) in [4.78, 5) is 28.2. The lowest BCUT2D eigenvalue weighted by Crippen LogP contribution is -2.14. The molecule has 7 nitrogen and oxygen atoms in total. The molecule has 0 radical (unpaired) electrons. The minimum atomic E-state index is -0.637. The Bertz CT molecular complexity index is 553. The van der Waals surface area contributed by atoms with Crippen LogP contribution in [-0.4, -0.2) is 41.5 Å². The van der Waals surface area contributed by atoms with E-state index < -0.39 is 10.9 Å². The molecule has 0 amide bonds. The molecule has 0 aliphatic rings. The van der Waals surface area contributed by atoms with Gasteiger partial charge in [0, 0.05) is 32.1 Å². The minimum Gasteiger partial charge on any atom is -0.462 e. The van der Waals surface area contributed by atoms with Crippen molar-refractivity contribution in [2.24, 2.45) is 0 Å². The van der Waals surface area contributed by atoms with Crippen LogP contribution in [0.3, 0.4) is 0 Å². The summed E-state index contributed by atoms with van der Waals surface area (Å²) in [6.07, 6.45) is 1.47. The molecule has 1 aromatic heterocycles. The van der Waals surface area contributed by atoms with Crippen LogP contribution in [0.4, 0.5) is 5.69 Å². The predicted octanol–water partition coefficient (Wildman–Crippen LogP) is 1.76. The first-order chi connectivity index (χ1) is 9.36. The molecular weight excluding hydrogens is 262 g/mol. The number of aromatic nitrogens is 1. The third-order valence-electron chi connectivity index (χ3n) is 2.35. The zero-order valence-electron chi connectivity index (χ0n) is 11.9. The first-order valence-electron chi connectivity index (χ1n) is 6.04.